The molecule has 0 aliphatic carbocycles. The van der Waals surface area contributed by atoms with Crippen molar-refractivity contribution in [2.24, 2.45) is 0 Å². The Morgan fingerprint density at radius 1 is 0.622 bits per heavy atom. The quantitative estimate of drug-likeness (QED) is 0.0311. The van der Waals surface area contributed by atoms with Crippen LogP contribution >= 0.6 is 0 Å². The summed E-state index contributed by atoms with van der Waals surface area (Å²) in [7, 11) is 0. The van der Waals surface area contributed by atoms with Gasteiger partial charge in [0.25, 0.3) is 0 Å². The molecule has 0 N–H and O–H groups in total. The topological polar surface area (TPSA) is 83.5 Å². The number of hydrogen-bond donors (Lipinski definition) is 0. The summed E-state index contributed by atoms with van der Waals surface area (Å²) < 4.78 is 28.4. The molecular weight excluding hydrogens is 570 g/mol. The van der Waals surface area contributed by atoms with Gasteiger partial charge in [-0.05, 0) is 96.6 Å². The van der Waals surface area contributed by atoms with E-state index in [9.17, 15) is 9.59 Å². The Morgan fingerprint density at radius 2 is 1.20 bits per heavy atom. The fraction of sp³-hybridized carbons (Fsp3) is 0.838. The van der Waals surface area contributed by atoms with Crippen molar-refractivity contribution in [1.82, 2.24) is 4.90 Å². The second-order valence-electron chi connectivity index (χ2n) is 11.5. The van der Waals surface area contributed by atoms with Gasteiger partial charge in [0.1, 0.15) is 6.10 Å². The van der Waals surface area contributed by atoms with Crippen LogP contribution in [-0.4, -0.2) is 75.5 Å². The molecule has 1 unspecified atom stereocenters. The van der Waals surface area contributed by atoms with Crippen molar-refractivity contribution in [3.63, 3.8) is 0 Å². The van der Waals surface area contributed by atoms with Gasteiger partial charge in [0.15, 0.2) is 6.29 Å². The summed E-state index contributed by atoms with van der Waals surface area (Å²) >= 11 is 0. The van der Waals surface area contributed by atoms with E-state index in [2.05, 4.69) is 63.8 Å². The zero-order valence-electron chi connectivity index (χ0n) is 29.7. The maximum absolute atomic E-state index is 12.5. The molecule has 0 spiro atoms. The van der Waals surface area contributed by atoms with Crippen molar-refractivity contribution in [2.75, 3.05) is 46.1 Å². The van der Waals surface area contributed by atoms with Gasteiger partial charge in [0, 0.05) is 26.2 Å². The van der Waals surface area contributed by atoms with E-state index in [4.69, 9.17) is 23.7 Å². The smallest absolute Gasteiger partial charge is 0.466 e. The highest BCUT2D eigenvalue weighted by Gasteiger charge is 2.16. The van der Waals surface area contributed by atoms with Gasteiger partial charge < -0.3 is 28.6 Å². The van der Waals surface area contributed by atoms with Gasteiger partial charge in [-0.2, -0.15) is 0 Å². The Balaban J connectivity index is 4.37. The molecule has 0 rings (SSSR count). The number of carbonyl (C=O) groups is 2. The minimum atomic E-state index is -0.581. The van der Waals surface area contributed by atoms with Crippen LogP contribution in [-0.2, 0) is 28.5 Å². The first-order chi connectivity index (χ1) is 22.0. The van der Waals surface area contributed by atoms with Gasteiger partial charge in [-0.25, -0.2) is 4.79 Å². The molecule has 0 aliphatic heterocycles. The molecule has 0 amide bonds. The van der Waals surface area contributed by atoms with Crippen LogP contribution in [0.1, 0.15) is 144 Å². The van der Waals surface area contributed by atoms with Gasteiger partial charge in [0.05, 0.1) is 19.6 Å². The van der Waals surface area contributed by atoms with E-state index in [1.807, 2.05) is 0 Å². The van der Waals surface area contributed by atoms with Crippen molar-refractivity contribution in [3.05, 3.63) is 24.3 Å². The number of unbranched alkanes of at least 4 members (excludes halogenated alkanes) is 6. The monoisotopic (exact) mass is 640 g/mol. The summed E-state index contributed by atoms with van der Waals surface area (Å²) in [5, 5.41) is 0. The predicted octanol–water partition coefficient (Wildman–Crippen LogP) is 9.56. The summed E-state index contributed by atoms with van der Waals surface area (Å²) in [4.78, 5) is 27.0. The van der Waals surface area contributed by atoms with E-state index >= 15 is 0 Å². The van der Waals surface area contributed by atoms with E-state index in [-0.39, 0.29) is 24.8 Å². The molecule has 8 heteroatoms. The van der Waals surface area contributed by atoms with Gasteiger partial charge in [-0.15, -0.1) is 0 Å². The van der Waals surface area contributed by atoms with Crippen LogP contribution in [0.5, 0.6) is 0 Å². The fourth-order valence-corrected chi connectivity index (χ4v) is 4.76. The Morgan fingerprint density at radius 3 is 1.78 bits per heavy atom. The average Bonchev–Trinajstić information content (AvgIpc) is 3.04. The number of allylic oxidation sites excluding steroid dienone is 4. The van der Waals surface area contributed by atoms with Crippen LogP contribution < -0.4 is 0 Å². The van der Waals surface area contributed by atoms with Crippen LogP contribution in [0.25, 0.3) is 0 Å². The number of ether oxygens (including phenoxy) is 5. The molecule has 0 fully saturated rings. The molecule has 1 atom stereocenters. The van der Waals surface area contributed by atoms with E-state index < -0.39 is 6.16 Å². The van der Waals surface area contributed by atoms with Crippen molar-refractivity contribution in [3.8, 4) is 0 Å². The minimum absolute atomic E-state index is 0.170. The third-order valence-electron chi connectivity index (χ3n) is 7.59. The average molecular weight is 640 g/mol. The fourth-order valence-electron chi connectivity index (χ4n) is 4.76. The predicted molar refractivity (Wildman–Crippen MR) is 184 cm³/mol. The first-order valence-corrected chi connectivity index (χ1v) is 18.2. The molecule has 0 radical (unpaired) electrons. The molecule has 45 heavy (non-hydrogen) atoms. The molecular formula is C37H69NO7. The third-order valence-corrected chi connectivity index (χ3v) is 7.59. The highest BCUT2D eigenvalue weighted by molar-refractivity contribution is 5.69. The van der Waals surface area contributed by atoms with Gasteiger partial charge in [0.2, 0.25) is 0 Å². The highest BCUT2D eigenvalue weighted by atomic mass is 16.7. The number of rotatable bonds is 32. The lowest BCUT2D eigenvalue weighted by Gasteiger charge is -2.19. The Labute approximate surface area is 276 Å². The number of carbonyl (C=O) groups excluding carboxylic acids is 2. The molecule has 264 valence electrons. The number of hydrogen-bond acceptors (Lipinski definition) is 8. The van der Waals surface area contributed by atoms with Crippen LogP contribution in [0.15, 0.2) is 24.3 Å². The lowest BCUT2D eigenvalue weighted by Crippen LogP contribution is -2.25. The van der Waals surface area contributed by atoms with E-state index in [0.717, 1.165) is 116 Å². The minimum Gasteiger partial charge on any atom is -0.466 e. The third kappa shape index (κ3) is 29.3. The summed E-state index contributed by atoms with van der Waals surface area (Å²) in [5.41, 5.74) is 0. The van der Waals surface area contributed by atoms with Gasteiger partial charge in [-0.3, -0.25) is 4.79 Å². The lowest BCUT2D eigenvalue weighted by molar-refractivity contribution is -0.159. The maximum Gasteiger partial charge on any atom is 0.508 e. The molecule has 0 saturated carbocycles. The van der Waals surface area contributed by atoms with Gasteiger partial charge >= 0.3 is 12.1 Å². The second kappa shape index (κ2) is 33.5. The first kappa shape index (κ1) is 43.1. The Hall–Kier alpha value is -1.90. The lowest BCUT2D eigenvalue weighted by atomic mass is 10.1. The van der Waals surface area contributed by atoms with Crippen LogP contribution in [0, 0.1) is 0 Å². The Kier molecular flexibility index (Phi) is 32.1. The van der Waals surface area contributed by atoms with E-state index in [1.54, 1.807) is 0 Å². The van der Waals surface area contributed by atoms with Crippen molar-refractivity contribution < 1.29 is 33.3 Å². The molecule has 0 saturated heterocycles. The number of nitrogens with zero attached hydrogens (tertiary/aromatic N) is 1. The SMILES string of the molecule is CC/C=C\CCCCOC(CCC(=O)OCCCCC(CCCC)OC(=O)OCCCN(CC)CC)OCCCC/C=C\CC. The highest BCUT2D eigenvalue weighted by Crippen LogP contribution is 2.15. The summed E-state index contributed by atoms with van der Waals surface area (Å²) in [6.45, 7) is 15.6. The van der Waals surface area contributed by atoms with Crippen molar-refractivity contribution in [1.29, 1.82) is 0 Å². The molecule has 0 aromatic heterocycles. The normalized spacial score (nSPS) is 12.5. The molecule has 0 aliphatic rings. The molecule has 0 heterocycles. The van der Waals surface area contributed by atoms with Crippen molar-refractivity contribution >= 4 is 12.1 Å². The Bertz CT molecular complexity index is 700. The molecule has 8 nitrogen and oxygen atoms in total. The van der Waals surface area contributed by atoms with E-state index in [1.165, 1.54) is 0 Å². The second-order valence-corrected chi connectivity index (χ2v) is 11.5. The molecule has 0 aromatic rings. The maximum atomic E-state index is 12.5. The summed E-state index contributed by atoms with van der Waals surface area (Å²) in [5.74, 6) is -0.228. The largest absolute Gasteiger partial charge is 0.508 e. The molecule has 0 bridgehead atoms. The van der Waals surface area contributed by atoms with E-state index in [0.29, 0.717) is 32.8 Å². The summed E-state index contributed by atoms with van der Waals surface area (Å²) in [6.07, 6.45) is 22.7. The van der Waals surface area contributed by atoms with Crippen LogP contribution in [0.3, 0.4) is 0 Å². The zero-order chi connectivity index (χ0) is 33.2. The standard InChI is InChI=1S/C37H69NO7/c1-6-11-14-16-18-21-31-42-36(43-32-22-19-17-15-12-7-2)28-27-35(39)41-30-23-20-26-34(25-13-8-3)45-37(40)44-33-24-29-38(9-4)10-5/h11-12,14-15,34,36H,6-10,13,16-33H2,1-5H3/b14-11-,15-12-. The number of esters is 1. The first-order valence-electron chi connectivity index (χ1n) is 18.2. The van der Waals surface area contributed by atoms with Crippen molar-refractivity contribution in [2.45, 2.75) is 156 Å². The summed E-state index contributed by atoms with van der Waals surface area (Å²) in [6, 6.07) is 0. The van der Waals surface area contributed by atoms with Gasteiger partial charge in [-0.1, -0.05) is 71.8 Å². The molecule has 0 aromatic carbocycles. The van der Waals surface area contributed by atoms with Crippen LogP contribution in [0.4, 0.5) is 4.79 Å². The van der Waals surface area contributed by atoms with Crippen LogP contribution in [0.2, 0.25) is 0 Å². The zero-order valence-corrected chi connectivity index (χ0v) is 29.7.